The molecule has 8 nitrogen and oxygen atoms in total. The number of aromatic nitrogens is 2. The fraction of sp³-hybridized carbons (Fsp3) is 0.250. The predicted octanol–water partition coefficient (Wildman–Crippen LogP) is 3.14. The van der Waals surface area contributed by atoms with Crippen LogP contribution in [-0.4, -0.2) is 43.6 Å². The summed E-state index contributed by atoms with van der Waals surface area (Å²) in [5, 5.41) is 17.3. The Balaban J connectivity index is 1.57. The van der Waals surface area contributed by atoms with Gasteiger partial charge >= 0.3 is 0 Å². The van der Waals surface area contributed by atoms with E-state index in [0.717, 1.165) is 60.1 Å². The normalized spacial score (nSPS) is 18.0. The average Bonchev–Trinajstić information content (AvgIpc) is 3.27. The van der Waals surface area contributed by atoms with E-state index in [9.17, 15) is 5.26 Å². The first kappa shape index (κ1) is 20.0. The zero-order chi connectivity index (χ0) is 22.1. The molecule has 0 spiro atoms. The molecule has 3 N–H and O–H groups in total. The monoisotopic (exact) mass is 429 g/mol. The van der Waals surface area contributed by atoms with E-state index in [1.54, 1.807) is 7.11 Å². The molecular formula is C24H23N5O3. The lowest BCUT2D eigenvalue weighted by atomic mass is 9.83. The van der Waals surface area contributed by atoms with E-state index in [1.807, 2.05) is 36.4 Å². The summed E-state index contributed by atoms with van der Waals surface area (Å²) in [6, 6.07) is 18.1. The molecule has 0 saturated carbocycles. The minimum atomic E-state index is -0.390. The maximum Gasteiger partial charge on any atom is 0.244 e. The summed E-state index contributed by atoms with van der Waals surface area (Å²) in [6.45, 7) is 3.17. The number of nitrogens with zero attached hydrogens (tertiary/aromatic N) is 3. The molecule has 1 atom stereocenters. The number of allylic oxidation sites excluding steroid dienone is 1. The number of nitriles is 1. The largest absolute Gasteiger partial charge is 0.497 e. The lowest BCUT2D eigenvalue weighted by Crippen LogP contribution is -2.36. The topological polar surface area (TPSA) is 109 Å². The van der Waals surface area contributed by atoms with Gasteiger partial charge in [-0.25, -0.2) is 0 Å². The molecule has 0 radical (unpaired) electrons. The van der Waals surface area contributed by atoms with Crippen LogP contribution >= 0.6 is 0 Å². The van der Waals surface area contributed by atoms with Crippen LogP contribution in [0.5, 0.6) is 11.6 Å². The molecule has 1 fully saturated rings. The number of fused-ring (bicyclic) bond motifs is 1. The molecule has 2 aliphatic rings. The van der Waals surface area contributed by atoms with E-state index in [0.29, 0.717) is 11.5 Å². The molecule has 8 heteroatoms. The Hall–Kier alpha value is -3.96. The van der Waals surface area contributed by atoms with Crippen LogP contribution in [0.15, 0.2) is 60.0 Å². The van der Waals surface area contributed by atoms with E-state index >= 15 is 0 Å². The summed E-state index contributed by atoms with van der Waals surface area (Å²) < 4.78 is 16.4. The second-order valence-corrected chi connectivity index (χ2v) is 7.66. The highest BCUT2D eigenvalue weighted by Crippen LogP contribution is 2.46. The fourth-order valence-corrected chi connectivity index (χ4v) is 4.26. The molecule has 3 heterocycles. The van der Waals surface area contributed by atoms with E-state index in [4.69, 9.17) is 19.9 Å². The lowest BCUT2D eigenvalue weighted by Gasteiger charge is -2.29. The molecule has 162 valence electrons. The standard InChI is InChI=1S/C24H23N5O3/c1-30-18-8-4-16(5-9-18)22-21-20(19(14-25)23(26)32-24(21)28-27-22)15-2-6-17(7-3-15)29-10-12-31-13-11-29/h2-9,20H,10-13,26H2,1H3,(H,27,28)/t20-/m1/s1. The van der Waals surface area contributed by atoms with E-state index < -0.39 is 5.92 Å². The van der Waals surface area contributed by atoms with Gasteiger partial charge < -0.3 is 24.8 Å². The summed E-state index contributed by atoms with van der Waals surface area (Å²) in [5.41, 5.74) is 11.0. The van der Waals surface area contributed by atoms with Crippen LogP contribution in [0.25, 0.3) is 11.3 Å². The third kappa shape index (κ3) is 3.43. The molecular weight excluding hydrogens is 406 g/mol. The SMILES string of the molecule is COc1ccc(-c2[nH]nc3c2[C@H](c2ccc(N4CCOCC4)cc2)C(C#N)=C(N)O3)cc1. The quantitative estimate of drug-likeness (QED) is 0.656. The van der Waals surface area contributed by atoms with E-state index in [2.05, 4.69) is 33.3 Å². The van der Waals surface area contributed by atoms with E-state index in [1.165, 1.54) is 0 Å². The maximum absolute atomic E-state index is 9.91. The summed E-state index contributed by atoms with van der Waals surface area (Å²) in [6.07, 6.45) is 0. The smallest absolute Gasteiger partial charge is 0.244 e. The molecule has 2 aromatic carbocycles. The third-order valence-corrected chi connectivity index (χ3v) is 5.92. The van der Waals surface area contributed by atoms with Crippen LogP contribution in [0.4, 0.5) is 5.69 Å². The van der Waals surface area contributed by atoms with Gasteiger partial charge in [0.2, 0.25) is 11.8 Å². The van der Waals surface area contributed by atoms with Gasteiger partial charge in [-0.15, -0.1) is 5.10 Å². The highest BCUT2D eigenvalue weighted by molar-refractivity contribution is 5.71. The van der Waals surface area contributed by atoms with E-state index in [-0.39, 0.29) is 5.88 Å². The van der Waals surface area contributed by atoms with Crippen molar-refractivity contribution >= 4 is 5.69 Å². The van der Waals surface area contributed by atoms with Crippen molar-refractivity contribution in [1.29, 1.82) is 5.26 Å². The zero-order valence-electron chi connectivity index (χ0n) is 17.7. The van der Waals surface area contributed by atoms with Gasteiger partial charge in [0.1, 0.15) is 17.4 Å². The van der Waals surface area contributed by atoms with Crippen molar-refractivity contribution < 1.29 is 14.2 Å². The number of hydrogen-bond donors (Lipinski definition) is 2. The highest BCUT2D eigenvalue weighted by Gasteiger charge is 2.35. The van der Waals surface area contributed by atoms with Gasteiger partial charge in [-0.3, -0.25) is 5.10 Å². The number of nitrogens with one attached hydrogen (secondary N) is 1. The fourth-order valence-electron chi connectivity index (χ4n) is 4.26. The number of nitrogens with two attached hydrogens (primary N) is 1. The number of aromatic amines is 1. The third-order valence-electron chi connectivity index (χ3n) is 5.92. The van der Waals surface area contributed by atoms with Crippen molar-refractivity contribution in [3.05, 3.63) is 71.1 Å². The summed E-state index contributed by atoms with van der Waals surface area (Å²) >= 11 is 0. The first-order valence-electron chi connectivity index (χ1n) is 10.4. The highest BCUT2D eigenvalue weighted by atomic mass is 16.5. The molecule has 5 rings (SSSR count). The summed E-state index contributed by atoms with van der Waals surface area (Å²) in [5.74, 6) is 0.832. The molecule has 3 aromatic rings. The minimum Gasteiger partial charge on any atom is -0.497 e. The zero-order valence-corrected chi connectivity index (χ0v) is 17.7. The number of methoxy groups -OCH3 is 1. The van der Waals surface area contributed by atoms with Gasteiger partial charge in [-0.1, -0.05) is 12.1 Å². The van der Waals surface area contributed by atoms with Crippen molar-refractivity contribution in [2.45, 2.75) is 5.92 Å². The molecule has 0 bridgehead atoms. The number of ether oxygens (including phenoxy) is 3. The van der Waals surface area contributed by atoms with Crippen molar-refractivity contribution in [3.8, 4) is 29.0 Å². The van der Waals surface area contributed by atoms with Crippen molar-refractivity contribution in [2.24, 2.45) is 5.73 Å². The van der Waals surface area contributed by atoms with Crippen molar-refractivity contribution in [3.63, 3.8) is 0 Å². The Morgan fingerprint density at radius 1 is 1.12 bits per heavy atom. The summed E-state index contributed by atoms with van der Waals surface area (Å²) in [4.78, 5) is 2.29. The van der Waals surface area contributed by atoms with Crippen LogP contribution in [0.2, 0.25) is 0 Å². The Kier molecular flexibility index (Phi) is 5.17. The number of H-pyrrole nitrogens is 1. The van der Waals surface area contributed by atoms with Crippen molar-refractivity contribution in [1.82, 2.24) is 10.2 Å². The number of rotatable bonds is 4. The number of morpholine rings is 1. The van der Waals surface area contributed by atoms with Gasteiger partial charge in [0.05, 0.1) is 37.5 Å². The number of hydrogen-bond acceptors (Lipinski definition) is 7. The van der Waals surface area contributed by atoms with Crippen LogP contribution in [0.1, 0.15) is 17.0 Å². The van der Waals surface area contributed by atoms with Crippen LogP contribution in [0.3, 0.4) is 0 Å². The number of anilines is 1. The number of benzene rings is 2. The molecule has 2 aliphatic heterocycles. The van der Waals surface area contributed by atoms with Crippen LogP contribution in [-0.2, 0) is 4.74 Å². The Morgan fingerprint density at radius 2 is 1.84 bits per heavy atom. The molecule has 32 heavy (non-hydrogen) atoms. The molecule has 0 unspecified atom stereocenters. The lowest BCUT2D eigenvalue weighted by molar-refractivity contribution is 0.122. The average molecular weight is 429 g/mol. The van der Waals surface area contributed by atoms with Gasteiger partial charge in [0.25, 0.3) is 0 Å². The maximum atomic E-state index is 9.91. The summed E-state index contributed by atoms with van der Waals surface area (Å²) in [7, 11) is 1.63. The first-order valence-corrected chi connectivity index (χ1v) is 10.4. The molecule has 1 saturated heterocycles. The van der Waals surface area contributed by atoms with Crippen LogP contribution < -0.4 is 20.1 Å². The van der Waals surface area contributed by atoms with Crippen LogP contribution in [0, 0.1) is 11.3 Å². The molecule has 1 aromatic heterocycles. The second kappa shape index (κ2) is 8.29. The van der Waals surface area contributed by atoms with Gasteiger partial charge in [0.15, 0.2) is 0 Å². The molecule has 0 aliphatic carbocycles. The van der Waals surface area contributed by atoms with Crippen molar-refractivity contribution in [2.75, 3.05) is 38.3 Å². The van der Waals surface area contributed by atoms with Gasteiger partial charge in [-0.2, -0.15) is 5.26 Å². The second-order valence-electron chi connectivity index (χ2n) is 7.66. The van der Waals surface area contributed by atoms with Gasteiger partial charge in [-0.05, 0) is 42.0 Å². The first-order chi connectivity index (χ1) is 15.7. The minimum absolute atomic E-state index is 0.0787. The Morgan fingerprint density at radius 3 is 2.50 bits per heavy atom. The predicted molar refractivity (Wildman–Crippen MR) is 119 cm³/mol. The Bertz CT molecular complexity index is 1190. The molecule has 0 amide bonds. The Labute approximate surface area is 185 Å². The van der Waals surface area contributed by atoms with Gasteiger partial charge in [0, 0.05) is 24.3 Å².